The van der Waals surface area contributed by atoms with E-state index in [0.717, 1.165) is 12.8 Å². The molecule has 0 atom stereocenters. The summed E-state index contributed by atoms with van der Waals surface area (Å²) in [6.45, 7) is 3.10. The number of carbonyl (C=O) groups excluding carboxylic acids is 1. The minimum Gasteiger partial charge on any atom is -0.449 e. The van der Waals surface area contributed by atoms with Crippen LogP contribution in [0.4, 0.5) is 0 Å². The van der Waals surface area contributed by atoms with Crippen molar-refractivity contribution in [3.8, 4) is 0 Å². The second-order valence-corrected chi connectivity index (χ2v) is 7.61. The first-order chi connectivity index (χ1) is 11.5. The monoisotopic (exact) mass is 349 g/mol. The largest absolute Gasteiger partial charge is 0.449 e. The zero-order valence-corrected chi connectivity index (χ0v) is 14.2. The van der Waals surface area contributed by atoms with E-state index in [1.54, 1.807) is 6.92 Å². The third-order valence-corrected chi connectivity index (χ3v) is 5.83. The molecule has 1 aliphatic heterocycles. The van der Waals surface area contributed by atoms with Crippen molar-refractivity contribution in [3.63, 3.8) is 0 Å². The Labute approximate surface area is 140 Å². The van der Waals surface area contributed by atoms with E-state index in [9.17, 15) is 13.2 Å². The zero-order valence-electron chi connectivity index (χ0n) is 13.4. The molecule has 128 valence electrons. The van der Waals surface area contributed by atoms with Gasteiger partial charge >= 0.3 is 0 Å². The maximum Gasteiger partial charge on any atom is 0.251 e. The Morgan fingerprint density at radius 2 is 1.92 bits per heavy atom. The molecule has 8 heteroatoms. The Morgan fingerprint density at radius 3 is 2.50 bits per heavy atom. The number of nitrogens with zero attached hydrogens (tertiary/aromatic N) is 2. The van der Waals surface area contributed by atoms with Gasteiger partial charge in [-0.05, 0) is 37.1 Å². The van der Waals surface area contributed by atoms with E-state index >= 15 is 0 Å². The Bertz CT molecular complexity index is 821. The molecular formula is C16H19N3O4S. The lowest BCUT2D eigenvalue weighted by Crippen LogP contribution is -2.28. The second-order valence-electron chi connectivity index (χ2n) is 5.68. The quantitative estimate of drug-likeness (QED) is 0.887. The number of benzene rings is 1. The summed E-state index contributed by atoms with van der Waals surface area (Å²) in [5.74, 6) is 0.247. The number of carbonyl (C=O) groups is 1. The number of aromatic nitrogens is 1. The fraction of sp³-hybridized carbons (Fsp3) is 0.375. The predicted molar refractivity (Wildman–Crippen MR) is 86.8 cm³/mol. The van der Waals surface area contributed by atoms with Crippen molar-refractivity contribution in [2.24, 2.45) is 0 Å². The highest BCUT2D eigenvalue weighted by molar-refractivity contribution is 7.89. The van der Waals surface area contributed by atoms with Crippen LogP contribution < -0.4 is 5.32 Å². The Balaban J connectivity index is 1.66. The maximum atomic E-state index is 12.4. The van der Waals surface area contributed by atoms with Gasteiger partial charge in [-0.3, -0.25) is 4.79 Å². The van der Waals surface area contributed by atoms with E-state index in [0.29, 0.717) is 30.2 Å². The average Bonchev–Trinajstić information content (AvgIpc) is 3.24. The number of amides is 1. The number of hydrogen-bond acceptors (Lipinski definition) is 5. The van der Waals surface area contributed by atoms with Gasteiger partial charge in [0.05, 0.1) is 17.1 Å². The standard InChI is InChI=1S/C16H19N3O4S/c1-12-18-14(11-23-12)10-17-16(20)13-4-6-15(7-5-13)24(21,22)19-8-2-3-9-19/h4-7,11H,2-3,8-10H2,1H3,(H,17,20). The first kappa shape index (κ1) is 16.7. The van der Waals surface area contributed by atoms with Crippen LogP contribution in [0.25, 0.3) is 0 Å². The molecule has 1 fully saturated rings. The number of oxazole rings is 1. The number of rotatable bonds is 5. The SMILES string of the molecule is Cc1nc(CNC(=O)c2ccc(S(=O)(=O)N3CCCC3)cc2)co1. The number of nitrogens with one attached hydrogen (secondary N) is 1. The molecule has 1 aromatic heterocycles. The Kier molecular flexibility index (Phi) is 4.68. The molecule has 0 spiro atoms. The smallest absolute Gasteiger partial charge is 0.251 e. The van der Waals surface area contributed by atoms with Crippen LogP contribution in [-0.2, 0) is 16.6 Å². The van der Waals surface area contributed by atoms with Gasteiger partial charge in [0.15, 0.2) is 5.89 Å². The van der Waals surface area contributed by atoms with Crippen LogP contribution in [0.3, 0.4) is 0 Å². The summed E-state index contributed by atoms with van der Waals surface area (Å²) in [6.07, 6.45) is 3.27. The van der Waals surface area contributed by atoms with E-state index < -0.39 is 10.0 Å². The highest BCUT2D eigenvalue weighted by atomic mass is 32.2. The van der Waals surface area contributed by atoms with E-state index in [4.69, 9.17) is 4.42 Å². The molecule has 0 saturated carbocycles. The van der Waals surface area contributed by atoms with Crippen molar-refractivity contribution < 1.29 is 17.6 Å². The summed E-state index contributed by atoms with van der Waals surface area (Å²) in [4.78, 5) is 16.4. The van der Waals surface area contributed by atoms with Crippen molar-refractivity contribution >= 4 is 15.9 Å². The molecule has 2 aromatic rings. The molecule has 0 unspecified atom stereocenters. The van der Waals surface area contributed by atoms with Gasteiger partial charge in [0, 0.05) is 25.6 Å². The van der Waals surface area contributed by atoms with Crippen LogP contribution in [0.2, 0.25) is 0 Å². The van der Waals surface area contributed by atoms with Gasteiger partial charge in [0.2, 0.25) is 10.0 Å². The van der Waals surface area contributed by atoms with E-state index in [1.807, 2.05) is 0 Å². The summed E-state index contributed by atoms with van der Waals surface area (Å²) in [5.41, 5.74) is 1.03. The molecule has 1 amide bonds. The number of sulfonamides is 1. The molecule has 0 aliphatic carbocycles. The van der Waals surface area contributed by atoms with Crippen molar-refractivity contribution in [2.75, 3.05) is 13.1 Å². The summed E-state index contributed by atoms with van der Waals surface area (Å²) in [5, 5.41) is 2.72. The molecular weight excluding hydrogens is 330 g/mol. The van der Waals surface area contributed by atoms with Gasteiger partial charge in [-0.1, -0.05) is 0 Å². The lowest BCUT2D eigenvalue weighted by Gasteiger charge is -2.15. The van der Waals surface area contributed by atoms with Crippen molar-refractivity contribution in [1.29, 1.82) is 0 Å². The first-order valence-electron chi connectivity index (χ1n) is 7.76. The Hall–Kier alpha value is -2.19. The molecule has 1 N–H and O–H groups in total. The van der Waals surface area contributed by atoms with Gasteiger partial charge in [-0.25, -0.2) is 13.4 Å². The van der Waals surface area contributed by atoms with Crippen LogP contribution in [0, 0.1) is 6.92 Å². The molecule has 3 rings (SSSR count). The van der Waals surface area contributed by atoms with Gasteiger partial charge < -0.3 is 9.73 Å². The van der Waals surface area contributed by atoms with E-state index in [-0.39, 0.29) is 17.3 Å². The van der Waals surface area contributed by atoms with Crippen molar-refractivity contribution in [1.82, 2.24) is 14.6 Å². The zero-order chi connectivity index (χ0) is 17.2. The Morgan fingerprint density at radius 1 is 1.25 bits per heavy atom. The minimum absolute atomic E-state index is 0.216. The maximum absolute atomic E-state index is 12.4. The highest BCUT2D eigenvalue weighted by Crippen LogP contribution is 2.21. The second kappa shape index (κ2) is 6.74. The summed E-state index contributed by atoms with van der Waals surface area (Å²) < 4.78 is 31.4. The fourth-order valence-corrected chi connectivity index (χ4v) is 4.14. The third kappa shape index (κ3) is 3.49. The first-order valence-corrected chi connectivity index (χ1v) is 9.20. The molecule has 1 aliphatic rings. The highest BCUT2D eigenvalue weighted by Gasteiger charge is 2.27. The van der Waals surface area contributed by atoms with Crippen molar-refractivity contribution in [3.05, 3.63) is 47.7 Å². The van der Waals surface area contributed by atoms with Gasteiger partial charge in [0.25, 0.3) is 5.91 Å². The molecule has 24 heavy (non-hydrogen) atoms. The number of hydrogen-bond donors (Lipinski definition) is 1. The summed E-state index contributed by atoms with van der Waals surface area (Å²) >= 11 is 0. The van der Waals surface area contributed by atoms with Crippen LogP contribution in [0.5, 0.6) is 0 Å². The summed E-state index contributed by atoms with van der Waals surface area (Å²) in [6, 6.07) is 5.99. The van der Waals surface area contributed by atoms with Crippen LogP contribution in [-0.4, -0.2) is 36.7 Å². The average molecular weight is 349 g/mol. The van der Waals surface area contributed by atoms with E-state index in [2.05, 4.69) is 10.3 Å². The lowest BCUT2D eigenvalue weighted by atomic mass is 10.2. The topological polar surface area (TPSA) is 92.5 Å². The molecule has 1 saturated heterocycles. The normalized spacial score (nSPS) is 15.5. The molecule has 7 nitrogen and oxygen atoms in total. The molecule has 0 radical (unpaired) electrons. The number of aryl methyl sites for hydroxylation is 1. The predicted octanol–water partition coefficient (Wildman–Crippen LogP) is 1.70. The van der Waals surface area contributed by atoms with Crippen LogP contribution in [0.1, 0.15) is 34.8 Å². The van der Waals surface area contributed by atoms with Gasteiger partial charge in [0.1, 0.15) is 6.26 Å². The molecule has 0 bridgehead atoms. The third-order valence-electron chi connectivity index (χ3n) is 3.92. The molecule has 1 aromatic carbocycles. The fourth-order valence-electron chi connectivity index (χ4n) is 2.62. The van der Waals surface area contributed by atoms with Crippen LogP contribution >= 0.6 is 0 Å². The minimum atomic E-state index is -3.45. The lowest BCUT2D eigenvalue weighted by molar-refractivity contribution is 0.0950. The van der Waals surface area contributed by atoms with E-state index in [1.165, 1.54) is 34.8 Å². The van der Waals surface area contributed by atoms with Crippen molar-refractivity contribution in [2.45, 2.75) is 31.2 Å². The van der Waals surface area contributed by atoms with Crippen LogP contribution in [0.15, 0.2) is 39.8 Å². The summed E-state index contributed by atoms with van der Waals surface area (Å²) in [7, 11) is -3.45. The van der Waals surface area contributed by atoms with Gasteiger partial charge in [-0.2, -0.15) is 4.31 Å². The molecule has 2 heterocycles. The van der Waals surface area contributed by atoms with Gasteiger partial charge in [-0.15, -0.1) is 0 Å².